The van der Waals surface area contributed by atoms with Crippen molar-refractivity contribution in [1.29, 1.82) is 0 Å². The van der Waals surface area contributed by atoms with Crippen molar-refractivity contribution in [2.75, 3.05) is 26.2 Å². The third kappa shape index (κ3) is 4.75. The highest BCUT2D eigenvalue weighted by atomic mass is 16.5. The van der Waals surface area contributed by atoms with Crippen molar-refractivity contribution in [1.82, 2.24) is 0 Å². The quantitative estimate of drug-likeness (QED) is 0.713. The lowest BCUT2D eigenvalue weighted by molar-refractivity contribution is -0.153. The molecule has 26 heavy (non-hydrogen) atoms. The lowest BCUT2D eigenvalue weighted by atomic mass is 10.1. The van der Waals surface area contributed by atoms with Gasteiger partial charge in [0, 0.05) is 12.7 Å². The van der Waals surface area contributed by atoms with E-state index in [2.05, 4.69) is 0 Å². The maximum absolute atomic E-state index is 12.4. The number of carbonyl (C=O) groups is 2. The summed E-state index contributed by atoms with van der Waals surface area (Å²) in [6.45, 7) is 1.56. The molecule has 6 heteroatoms. The molecule has 2 rings (SSSR count). The first kappa shape index (κ1) is 19.3. The van der Waals surface area contributed by atoms with Crippen molar-refractivity contribution >= 4 is 17.6 Å². The Morgan fingerprint density at radius 1 is 1.00 bits per heavy atom. The Balaban J connectivity index is 1.97. The maximum Gasteiger partial charge on any atom is 0.311 e. The van der Waals surface area contributed by atoms with E-state index >= 15 is 0 Å². The number of esters is 1. The second-order valence-electron chi connectivity index (χ2n) is 5.73. The zero-order chi connectivity index (χ0) is 19.1. The van der Waals surface area contributed by atoms with Crippen molar-refractivity contribution < 1.29 is 23.8 Å². The summed E-state index contributed by atoms with van der Waals surface area (Å²) in [6, 6.07) is 14.4. The molecule has 0 aliphatic carbocycles. The molecule has 0 unspecified atom stereocenters. The molecule has 0 N–H and O–H groups in total. The average molecular weight is 357 g/mol. The molecule has 2 aromatic rings. The van der Waals surface area contributed by atoms with Gasteiger partial charge in [-0.1, -0.05) is 24.3 Å². The van der Waals surface area contributed by atoms with Gasteiger partial charge in [-0.25, -0.2) is 0 Å². The molecule has 0 spiro atoms. The Morgan fingerprint density at radius 3 is 2.27 bits per heavy atom. The Hall–Kier alpha value is -3.02. The summed E-state index contributed by atoms with van der Waals surface area (Å²) in [5.74, 6) is 0.333. The number of amides is 1. The summed E-state index contributed by atoms with van der Waals surface area (Å²) in [5, 5.41) is 0. The molecule has 0 saturated carbocycles. The monoisotopic (exact) mass is 357 g/mol. The fourth-order valence-electron chi connectivity index (χ4n) is 2.50. The van der Waals surface area contributed by atoms with Crippen LogP contribution in [-0.4, -0.2) is 39.2 Å². The van der Waals surface area contributed by atoms with Gasteiger partial charge in [-0.15, -0.1) is 0 Å². The SMILES string of the molecule is COc1ccc(CC(=O)O[C@H](C)C(=O)N(C)c2ccccc2)cc1OC. The summed E-state index contributed by atoms with van der Waals surface area (Å²) >= 11 is 0. The van der Waals surface area contributed by atoms with Gasteiger partial charge in [-0.2, -0.15) is 0 Å². The van der Waals surface area contributed by atoms with E-state index in [0.717, 1.165) is 5.69 Å². The van der Waals surface area contributed by atoms with Gasteiger partial charge in [-0.3, -0.25) is 9.59 Å². The van der Waals surface area contributed by atoms with Crippen LogP contribution >= 0.6 is 0 Å². The predicted molar refractivity (Wildman–Crippen MR) is 98.7 cm³/mol. The smallest absolute Gasteiger partial charge is 0.311 e. The molecule has 0 bridgehead atoms. The number of benzene rings is 2. The third-order valence-electron chi connectivity index (χ3n) is 3.93. The van der Waals surface area contributed by atoms with Gasteiger partial charge in [-0.05, 0) is 36.8 Å². The Morgan fingerprint density at radius 2 is 1.65 bits per heavy atom. The zero-order valence-corrected chi connectivity index (χ0v) is 15.4. The third-order valence-corrected chi connectivity index (χ3v) is 3.93. The molecular weight excluding hydrogens is 334 g/mol. The van der Waals surface area contributed by atoms with Gasteiger partial charge in [0.25, 0.3) is 5.91 Å². The van der Waals surface area contributed by atoms with Crippen LogP contribution in [0, 0.1) is 0 Å². The van der Waals surface area contributed by atoms with Gasteiger partial charge in [0.2, 0.25) is 0 Å². The standard InChI is InChI=1S/C20H23NO5/c1-14(20(23)21(2)16-8-6-5-7-9-16)26-19(22)13-15-10-11-17(24-3)18(12-15)25-4/h5-12,14H,13H2,1-4H3/t14-/m1/s1. The first-order valence-electron chi connectivity index (χ1n) is 8.19. The van der Waals surface area contributed by atoms with E-state index in [1.165, 1.54) is 12.0 Å². The summed E-state index contributed by atoms with van der Waals surface area (Å²) in [4.78, 5) is 26.1. The van der Waals surface area contributed by atoms with Crippen LogP contribution in [-0.2, 0) is 20.7 Å². The van der Waals surface area contributed by atoms with E-state index in [9.17, 15) is 9.59 Å². The van der Waals surface area contributed by atoms with Crippen molar-refractivity contribution in [2.24, 2.45) is 0 Å². The predicted octanol–water partition coefficient (Wildman–Crippen LogP) is 2.84. The van der Waals surface area contributed by atoms with E-state index in [1.54, 1.807) is 39.3 Å². The maximum atomic E-state index is 12.4. The van der Waals surface area contributed by atoms with Crippen LogP contribution < -0.4 is 14.4 Å². The van der Waals surface area contributed by atoms with E-state index in [-0.39, 0.29) is 12.3 Å². The first-order valence-corrected chi connectivity index (χ1v) is 8.19. The number of ether oxygens (including phenoxy) is 3. The van der Waals surface area contributed by atoms with Gasteiger partial charge in [0.1, 0.15) is 0 Å². The van der Waals surface area contributed by atoms with Crippen molar-refractivity contribution in [3.05, 3.63) is 54.1 Å². The number of methoxy groups -OCH3 is 2. The zero-order valence-electron chi connectivity index (χ0n) is 15.4. The van der Waals surface area contributed by atoms with E-state index in [4.69, 9.17) is 14.2 Å². The fourth-order valence-corrected chi connectivity index (χ4v) is 2.50. The number of likely N-dealkylation sites (N-methyl/N-ethyl adjacent to an activating group) is 1. The molecular formula is C20H23NO5. The Bertz CT molecular complexity index is 760. The van der Waals surface area contributed by atoms with Gasteiger partial charge < -0.3 is 19.1 Å². The Labute approximate surface area is 153 Å². The van der Waals surface area contributed by atoms with E-state index < -0.39 is 12.1 Å². The molecule has 0 aromatic heterocycles. The lowest BCUT2D eigenvalue weighted by Gasteiger charge is -2.21. The number of hydrogen-bond donors (Lipinski definition) is 0. The molecule has 0 radical (unpaired) electrons. The molecule has 1 amide bonds. The highest BCUT2D eigenvalue weighted by Crippen LogP contribution is 2.27. The number of nitrogens with zero attached hydrogens (tertiary/aromatic N) is 1. The van der Waals surface area contributed by atoms with Gasteiger partial charge >= 0.3 is 5.97 Å². The minimum Gasteiger partial charge on any atom is -0.493 e. The second-order valence-corrected chi connectivity index (χ2v) is 5.73. The second kappa shape index (κ2) is 8.89. The molecule has 6 nitrogen and oxygen atoms in total. The Kier molecular flexibility index (Phi) is 6.60. The van der Waals surface area contributed by atoms with Crippen LogP contribution in [0.2, 0.25) is 0 Å². The highest BCUT2D eigenvalue weighted by Gasteiger charge is 2.22. The lowest BCUT2D eigenvalue weighted by Crippen LogP contribution is -2.37. The minimum absolute atomic E-state index is 0.0347. The topological polar surface area (TPSA) is 65.1 Å². The highest BCUT2D eigenvalue weighted by molar-refractivity contribution is 5.96. The summed E-state index contributed by atoms with van der Waals surface area (Å²) in [5.41, 5.74) is 1.45. The van der Waals surface area contributed by atoms with Gasteiger partial charge in [0.15, 0.2) is 17.6 Å². The van der Waals surface area contributed by atoms with Crippen molar-refractivity contribution in [3.8, 4) is 11.5 Å². The minimum atomic E-state index is -0.882. The van der Waals surface area contributed by atoms with Crippen molar-refractivity contribution in [3.63, 3.8) is 0 Å². The molecule has 138 valence electrons. The molecule has 0 heterocycles. The summed E-state index contributed by atoms with van der Waals surface area (Å²) in [7, 11) is 4.72. The molecule has 1 atom stereocenters. The average Bonchev–Trinajstić information content (AvgIpc) is 2.67. The summed E-state index contributed by atoms with van der Waals surface area (Å²) in [6.07, 6.45) is -0.847. The number of carbonyl (C=O) groups excluding carboxylic acids is 2. The van der Waals surface area contributed by atoms with Crippen molar-refractivity contribution in [2.45, 2.75) is 19.4 Å². The van der Waals surface area contributed by atoms with Crippen LogP contribution in [0.1, 0.15) is 12.5 Å². The molecule has 0 aliphatic heterocycles. The van der Waals surface area contributed by atoms with E-state index in [1.807, 2.05) is 30.3 Å². The largest absolute Gasteiger partial charge is 0.493 e. The molecule has 0 aliphatic rings. The number of rotatable bonds is 7. The number of para-hydroxylation sites is 1. The molecule has 2 aromatic carbocycles. The fraction of sp³-hybridized carbons (Fsp3) is 0.300. The van der Waals surface area contributed by atoms with Crippen LogP contribution in [0.15, 0.2) is 48.5 Å². The van der Waals surface area contributed by atoms with Gasteiger partial charge in [0.05, 0.1) is 20.6 Å². The first-order chi connectivity index (χ1) is 12.5. The molecule has 0 saturated heterocycles. The number of anilines is 1. The van der Waals surface area contributed by atoms with E-state index in [0.29, 0.717) is 17.1 Å². The molecule has 0 fully saturated rings. The van der Waals surface area contributed by atoms with Crippen LogP contribution in [0.4, 0.5) is 5.69 Å². The van der Waals surface area contributed by atoms with Crippen LogP contribution in [0.25, 0.3) is 0 Å². The summed E-state index contributed by atoms with van der Waals surface area (Å²) < 4.78 is 15.7. The van der Waals surface area contributed by atoms with Crippen LogP contribution in [0.3, 0.4) is 0 Å². The number of hydrogen-bond acceptors (Lipinski definition) is 5. The van der Waals surface area contributed by atoms with Crippen LogP contribution in [0.5, 0.6) is 11.5 Å². The normalized spacial score (nSPS) is 11.4.